The Labute approximate surface area is 86.7 Å². The first kappa shape index (κ1) is 9.91. The Bertz CT molecular complexity index is 316. The van der Waals surface area contributed by atoms with E-state index in [4.69, 9.17) is 34.8 Å². The van der Waals surface area contributed by atoms with E-state index in [9.17, 15) is 0 Å². The van der Waals surface area contributed by atoms with Crippen LogP contribution in [0.2, 0.25) is 15.1 Å². The molecule has 63 valence electrons. The molecular formula is C9H6Cl3. The molecule has 1 radical (unpaired) electrons. The summed E-state index contributed by atoms with van der Waals surface area (Å²) in [6.45, 7) is 3.56. The lowest BCUT2D eigenvalue weighted by molar-refractivity contribution is 1.65. The van der Waals surface area contributed by atoms with Crippen LogP contribution in [0.5, 0.6) is 0 Å². The summed E-state index contributed by atoms with van der Waals surface area (Å²) >= 11 is 17.4. The summed E-state index contributed by atoms with van der Waals surface area (Å²) < 4.78 is 0. The lowest BCUT2D eigenvalue weighted by Crippen LogP contribution is -1.77. The Hall–Kier alpha value is -0.170. The molecule has 12 heavy (non-hydrogen) atoms. The van der Waals surface area contributed by atoms with Crippen LogP contribution in [-0.2, 0) is 0 Å². The van der Waals surface area contributed by atoms with Gasteiger partial charge in [0.25, 0.3) is 0 Å². The molecule has 1 aromatic carbocycles. The average molecular weight is 221 g/mol. The van der Waals surface area contributed by atoms with Gasteiger partial charge in [-0.15, -0.1) is 0 Å². The van der Waals surface area contributed by atoms with Gasteiger partial charge in [-0.3, -0.25) is 0 Å². The minimum absolute atomic E-state index is 0.383. The van der Waals surface area contributed by atoms with Crippen molar-refractivity contribution in [1.82, 2.24) is 0 Å². The highest BCUT2D eigenvalue weighted by atomic mass is 35.5. The number of benzene rings is 1. The molecule has 1 rings (SSSR count). The molecule has 0 bridgehead atoms. The van der Waals surface area contributed by atoms with Gasteiger partial charge < -0.3 is 0 Å². The fraction of sp³-hybridized carbons (Fsp3) is 0. The molecule has 1 aromatic rings. The minimum Gasteiger partial charge on any atom is -0.0836 e. The molecule has 0 spiro atoms. The van der Waals surface area contributed by atoms with Crippen molar-refractivity contribution < 1.29 is 0 Å². The van der Waals surface area contributed by atoms with Crippen LogP contribution in [0.4, 0.5) is 0 Å². The summed E-state index contributed by atoms with van der Waals surface area (Å²) in [4.78, 5) is 0. The molecule has 0 unspecified atom stereocenters. The predicted octanol–water partition coefficient (Wildman–Crippen LogP) is 4.49. The maximum atomic E-state index is 5.88. The number of rotatable bonds is 1. The van der Waals surface area contributed by atoms with Crippen molar-refractivity contribution in [2.24, 2.45) is 0 Å². The van der Waals surface area contributed by atoms with E-state index in [0.29, 0.717) is 15.1 Å². The lowest BCUT2D eigenvalue weighted by Gasteiger charge is -2.01. The van der Waals surface area contributed by atoms with E-state index >= 15 is 0 Å². The van der Waals surface area contributed by atoms with Crippen molar-refractivity contribution in [3.05, 3.63) is 45.8 Å². The van der Waals surface area contributed by atoms with Gasteiger partial charge in [-0.05, 0) is 18.6 Å². The van der Waals surface area contributed by atoms with Crippen LogP contribution in [0.1, 0.15) is 5.56 Å². The largest absolute Gasteiger partial charge is 0.0836 e. The van der Waals surface area contributed by atoms with Gasteiger partial charge in [-0.25, -0.2) is 0 Å². The Morgan fingerprint density at radius 2 is 1.75 bits per heavy atom. The van der Waals surface area contributed by atoms with E-state index < -0.39 is 0 Å². The van der Waals surface area contributed by atoms with Gasteiger partial charge in [-0.2, -0.15) is 0 Å². The van der Waals surface area contributed by atoms with E-state index in [-0.39, 0.29) is 0 Å². The zero-order valence-electron chi connectivity index (χ0n) is 6.15. The van der Waals surface area contributed by atoms with Crippen LogP contribution >= 0.6 is 34.8 Å². The van der Waals surface area contributed by atoms with E-state index in [1.165, 1.54) is 0 Å². The molecular weight excluding hydrogens is 214 g/mol. The minimum atomic E-state index is 0.383. The van der Waals surface area contributed by atoms with E-state index in [2.05, 4.69) is 6.92 Å². The van der Waals surface area contributed by atoms with Crippen LogP contribution in [0.15, 0.2) is 18.2 Å². The van der Waals surface area contributed by atoms with Gasteiger partial charge in [0, 0.05) is 0 Å². The maximum Gasteiger partial charge on any atom is 0.0784 e. The SMILES string of the molecule is [CH2]C=Cc1ccc(Cl)c(Cl)c1Cl. The summed E-state index contributed by atoms with van der Waals surface area (Å²) in [5.74, 6) is 0. The summed E-state index contributed by atoms with van der Waals surface area (Å²) in [5.41, 5.74) is 0.820. The van der Waals surface area contributed by atoms with Crippen LogP contribution in [0.3, 0.4) is 0 Å². The third-order valence-corrected chi connectivity index (χ3v) is 2.67. The standard InChI is InChI=1S/C9H6Cl3/c1-2-3-6-4-5-7(10)9(12)8(6)11/h2-5H,1H2. The van der Waals surface area contributed by atoms with Gasteiger partial charge in [0.2, 0.25) is 0 Å². The molecule has 0 amide bonds. The van der Waals surface area contributed by atoms with Crippen LogP contribution < -0.4 is 0 Å². The fourth-order valence-corrected chi connectivity index (χ4v) is 1.40. The van der Waals surface area contributed by atoms with Crippen molar-refractivity contribution in [3.63, 3.8) is 0 Å². The Morgan fingerprint density at radius 1 is 1.08 bits per heavy atom. The molecule has 0 N–H and O–H groups in total. The highest BCUT2D eigenvalue weighted by Gasteiger charge is 2.05. The van der Waals surface area contributed by atoms with E-state index in [1.54, 1.807) is 24.3 Å². The molecule has 0 saturated heterocycles. The van der Waals surface area contributed by atoms with Crippen molar-refractivity contribution in [2.75, 3.05) is 0 Å². The number of halogens is 3. The van der Waals surface area contributed by atoms with Crippen molar-refractivity contribution in [1.29, 1.82) is 0 Å². The first-order valence-corrected chi connectivity index (χ1v) is 4.39. The Morgan fingerprint density at radius 3 is 2.33 bits per heavy atom. The molecule has 0 atom stereocenters. The topological polar surface area (TPSA) is 0 Å². The third-order valence-electron chi connectivity index (χ3n) is 1.36. The molecule has 0 heterocycles. The second-order valence-corrected chi connectivity index (χ2v) is 3.33. The highest BCUT2D eigenvalue weighted by Crippen LogP contribution is 2.33. The summed E-state index contributed by atoms with van der Waals surface area (Å²) in [7, 11) is 0. The highest BCUT2D eigenvalue weighted by molar-refractivity contribution is 6.48. The van der Waals surface area contributed by atoms with Crippen molar-refractivity contribution in [3.8, 4) is 0 Å². The first-order valence-electron chi connectivity index (χ1n) is 3.26. The molecule has 0 fully saturated rings. The second kappa shape index (κ2) is 4.18. The Balaban J connectivity index is 3.26. The molecule has 0 saturated carbocycles. The van der Waals surface area contributed by atoms with Crippen LogP contribution in [-0.4, -0.2) is 0 Å². The van der Waals surface area contributed by atoms with E-state index in [1.807, 2.05) is 0 Å². The lowest BCUT2D eigenvalue weighted by atomic mass is 10.2. The Kier molecular flexibility index (Phi) is 3.45. The molecule has 0 aromatic heterocycles. The van der Waals surface area contributed by atoms with Gasteiger partial charge in [-0.1, -0.05) is 53.0 Å². The smallest absolute Gasteiger partial charge is 0.0784 e. The van der Waals surface area contributed by atoms with Gasteiger partial charge in [0.05, 0.1) is 15.1 Å². The quantitative estimate of drug-likeness (QED) is 0.612. The van der Waals surface area contributed by atoms with Gasteiger partial charge in [0.1, 0.15) is 0 Å². The molecule has 0 aliphatic rings. The molecule has 0 aliphatic carbocycles. The third kappa shape index (κ3) is 1.95. The second-order valence-electron chi connectivity index (χ2n) is 2.17. The normalized spacial score (nSPS) is 11.0. The van der Waals surface area contributed by atoms with Crippen molar-refractivity contribution >= 4 is 40.9 Å². The van der Waals surface area contributed by atoms with Gasteiger partial charge >= 0.3 is 0 Å². The first-order chi connectivity index (χ1) is 5.66. The number of hydrogen-bond donors (Lipinski definition) is 0. The van der Waals surface area contributed by atoms with Crippen LogP contribution in [0.25, 0.3) is 6.08 Å². The number of hydrogen-bond acceptors (Lipinski definition) is 0. The summed E-state index contributed by atoms with van der Waals surface area (Å²) in [6.07, 6.45) is 3.41. The predicted molar refractivity (Wildman–Crippen MR) is 55.9 cm³/mol. The van der Waals surface area contributed by atoms with E-state index in [0.717, 1.165) is 5.56 Å². The molecule has 3 heteroatoms. The molecule has 0 aliphatic heterocycles. The maximum absolute atomic E-state index is 5.88. The van der Waals surface area contributed by atoms with Crippen LogP contribution in [0, 0.1) is 6.92 Å². The zero-order chi connectivity index (χ0) is 9.14. The number of allylic oxidation sites excluding steroid dienone is 1. The summed E-state index contributed by atoms with van der Waals surface area (Å²) in [6, 6.07) is 3.49. The average Bonchev–Trinajstić information content (AvgIpc) is 2.07. The zero-order valence-corrected chi connectivity index (χ0v) is 8.42. The van der Waals surface area contributed by atoms with Gasteiger partial charge in [0.15, 0.2) is 0 Å². The monoisotopic (exact) mass is 219 g/mol. The molecule has 0 nitrogen and oxygen atoms in total. The fourth-order valence-electron chi connectivity index (χ4n) is 0.797. The van der Waals surface area contributed by atoms with Crippen molar-refractivity contribution in [2.45, 2.75) is 0 Å². The summed E-state index contributed by atoms with van der Waals surface area (Å²) in [5, 5.41) is 1.31.